The van der Waals surface area contributed by atoms with E-state index in [1.807, 2.05) is 11.3 Å². The molecule has 0 spiro atoms. The van der Waals surface area contributed by atoms with Crippen molar-refractivity contribution in [3.63, 3.8) is 0 Å². The van der Waals surface area contributed by atoms with Crippen molar-refractivity contribution in [1.29, 1.82) is 0 Å². The van der Waals surface area contributed by atoms with Gasteiger partial charge < -0.3 is 10.2 Å². The van der Waals surface area contributed by atoms with Gasteiger partial charge in [0.05, 0.1) is 5.69 Å². The molecule has 1 heterocycles. The molecule has 1 unspecified atom stereocenters. The zero-order valence-corrected chi connectivity index (χ0v) is 14.6. The number of aryl methyl sites for hydroxylation is 1. The molecule has 4 heteroatoms. The first-order valence-corrected chi connectivity index (χ1v) is 8.95. The van der Waals surface area contributed by atoms with Gasteiger partial charge in [0.1, 0.15) is 0 Å². The van der Waals surface area contributed by atoms with Crippen molar-refractivity contribution in [2.75, 3.05) is 18.0 Å². The van der Waals surface area contributed by atoms with Gasteiger partial charge in [-0.15, -0.1) is 11.3 Å². The van der Waals surface area contributed by atoms with E-state index in [0.717, 1.165) is 26.1 Å². The monoisotopic (exact) mass is 297 g/mol. The van der Waals surface area contributed by atoms with E-state index in [-0.39, 0.29) is 0 Å². The zero-order valence-electron chi connectivity index (χ0n) is 13.8. The highest BCUT2D eigenvalue weighted by Crippen LogP contribution is 2.29. The van der Waals surface area contributed by atoms with Gasteiger partial charge in [-0.3, -0.25) is 0 Å². The average molecular weight is 298 g/mol. The van der Waals surface area contributed by atoms with Gasteiger partial charge in [-0.1, -0.05) is 34.1 Å². The maximum absolute atomic E-state index is 4.91. The normalized spacial score (nSPS) is 12.7. The minimum atomic E-state index is 0.574. The Hall–Kier alpha value is -0.610. The standard InChI is InChI=1S/C16H31N3S/c1-6-10-11-19(13(5)7-2)16-18-14(8-3)15(20-16)12-17-9-4/h13,17H,6-12H2,1-5H3. The summed E-state index contributed by atoms with van der Waals surface area (Å²) in [7, 11) is 0. The molecule has 1 aromatic rings. The molecule has 0 aliphatic rings. The number of aromatic nitrogens is 1. The SMILES string of the molecule is CCCCN(c1nc(CC)c(CNCC)s1)C(C)CC. The van der Waals surface area contributed by atoms with Gasteiger partial charge in [-0.2, -0.15) is 0 Å². The van der Waals surface area contributed by atoms with Crippen LogP contribution in [0, 0.1) is 0 Å². The second-order valence-electron chi connectivity index (χ2n) is 5.30. The van der Waals surface area contributed by atoms with Crippen molar-refractivity contribution >= 4 is 16.5 Å². The summed E-state index contributed by atoms with van der Waals surface area (Å²) < 4.78 is 0. The second-order valence-corrected chi connectivity index (χ2v) is 6.37. The summed E-state index contributed by atoms with van der Waals surface area (Å²) in [6.07, 6.45) is 4.68. The van der Waals surface area contributed by atoms with Crippen LogP contribution in [0.5, 0.6) is 0 Å². The van der Waals surface area contributed by atoms with Crippen molar-refractivity contribution in [2.45, 2.75) is 72.9 Å². The van der Waals surface area contributed by atoms with E-state index in [4.69, 9.17) is 4.98 Å². The van der Waals surface area contributed by atoms with Crippen molar-refractivity contribution in [3.8, 4) is 0 Å². The van der Waals surface area contributed by atoms with Crippen LogP contribution in [0.1, 0.15) is 64.5 Å². The Morgan fingerprint density at radius 2 is 2.00 bits per heavy atom. The lowest BCUT2D eigenvalue weighted by Gasteiger charge is -2.28. The largest absolute Gasteiger partial charge is 0.345 e. The molecule has 116 valence electrons. The van der Waals surface area contributed by atoms with Gasteiger partial charge in [0.25, 0.3) is 0 Å². The Morgan fingerprint density at radius 3 is 2.55 bits per heavy atom. The number of nitrogens with one attached hydrogen (secondary N) is 1. The van der Waals surface area contributed by atoms with Gasteiger partial charge >= 0.3 is 0 Å². The third-order valence-electron chi connectivity index (χ3n) is 3.76. The molecular weight excluding hydrogens is 266 g/mol. The molecule has 1 aromatic heterocycles. The Labute approximate surface area is 128 Å². The predicted molar refractivity (Wildman–Crippen MR) is 90.9 cm³/mol. The van der Waals surface area contributed by atoms with Crippen LogP contribution < -0.4 is 10.2 Å². The van der Waals surface area contributed by atoms with E-state index in [2.05, 4.69) is 44.8 Å². The van der Waals surface area contributed by atoms with Crippen molar-refractivity contribution in [2.24, 2.45) is 0 Å². The maximum atomic E-state index is 4.91. The summed E-state index contributed by atoms with van der Waals surface area (Å²) in [4.78, 5) is 8.82. The number of hydrogen-bond donors (Lipinski definition) is 1. The van der Waals surface area contributed by atoms with E-state index in [9.17, 15) is 0 Å². The number of rotatable bonds is 10. The number of unbranched alkanes of at least 4 members (excludes halogenated alkanes) is 1. The molecule has 0 bridgehead atoms. The third kappa shape index (κ3) is 4.74. The minimum absolute atomic E-state index is 0.574. The van der Waals surface area contributed by atoms with Crippen LogP contribution in [0.2, 0.25) is 0 Å². The highest BCUT2D eigenvalue weighted by molar-refractivity contribution is 7.15. The first-order valence-electron chi connectivity index (χ1n) is 8.13. The third-order valence-corrected chi connectivity index (χ3v) is 4.89. The zero-order chi connectivity index (χ0) is 15.0. The van der Waals surface area contributed by atoms with Crippen LogP contribution in [0.15, 0.2) is 0 Å². The fourth-order valence-corrected chi connectivity index (χ4v) is 3.45. The molecule has 1 N–H and O–H groups in total. The van der Waals surface area contributed by atoms with Gasteiger partial charge in [-0.25, -0.2) is 4.98 Å². The molecular formula is C16H31N3S. The van der Waals surface area contributed by atoms with Crippen LogP contribution in [0.3, 0.4) is 0 Å². The van der Waals surface area contributed by atoms with Gasteiger partial charge in [0.2, 0.25) is 0 Å². The summed E-state index contributed by atoms with van der Waals surface area (Å²) in [6, 6.07) is 0.574. The predicted octanol–water partition coefficient (Wildman–Crippen LogP) is 4.22. The van der Waals surface area contributed by atoms with E-state index >= 15 is 0 Å². The summed E-state index contributed by atoms with van der Waals surface area (Å²) >= 11 is 1.88. The number of nitrogens with zero attached hydrogens (tertiary/aromatic N) is 2. The Morgan fingerprint density at radius 1 is 1.25 bits per heavy atom. The molecule has 0 amide bonds. The van der Waals surface area contributed by atoms with Gasteiger partial charge in [0.15, 0.2) is 5.13 Å². The Kier molecular flexibility index (Phi) is 8.15. The van der Waals surface area contributed by atoms with E-state index in [0.29, 0.717) is 6.04 Å². The highest BCUT2D eigenvalue weighted by Gasteiger charge is 2.18. The summed E-state index contributed by atoms with van der Waals surface area (Å²) in [6.45, 7) is 14.3. The van der Waals surface area contributed by atoms with Crippen LogP contribution in [-0.4, -0.2) is 24.1 Å². The molecule has 1 rings (SSSR count). The smallest absolute Gasteiger partial charge is 0.186 e. The topological polar surface area (TPSA) is 28.2 Å². The number of thiazole rings is 1. The molecule has 0 aromatic carbocycles. The highest BCUT2D eigenvalue weighted by atomic mass is 32.1. The van der Waals surface area contributed by atoms with E-state index in [1.165, 1.54) is 35.0 Å². The second kappa shape index (κ2) is 9.35. The molecule has 0 saturated heterocycles. The van der Waals surface area contributed by atoms with Crippen molar-refractivity contribution in [3.05, 3.63) is 10.6 Å². The molecule has 0 aliphatic heterocycles. The van der Waals surface area contributed by atoms with Crippen LogP contribution >= 0.6 is 11.3 Å². The fraction of sp³-hybridized carbons (Fsp3) is 0.812. The van der Waals surface area contributed by atoms with Gasteiger partial charge in [-0.05, 0) is 32.7 Å². The molecule has 3 nitrogen and oxygen atoms in total. The molecule has 0 fully saturated rings. The lowest BCUT2D eigenvalue weighted by molar-refractivity contribution is 0.594. The summed E-state index contributed by atoms with van der Waals surface area (Å²) in [5.41, 5.74) is 1.27. The van der Waals surface area contributed by atoms with Crippen LogP contribution in [0.25, 0.3) is 0 Å². The molecule has 20 heavy (non-hydrogen) atoms. The van der Waals surface area contributed by atoms with Gasteiger partial charge in [0, 0.05) is 24.0 Å². The van der Waals surface area contributed by atoms with Crippen molar-refractivity contribution < 1.29 is 0 Å². The number of hydrogen-bond acceptors (Lipinski definition) is 4. The molecule has 0 radical (unpaired) electrons. The first-order chi connectivity index (χ1) is 9.67. The molecule has 0 saturated carbocycles. The fourth-order valence-electron chi connectivity index (χ4n) is 2.20. The average Bonchev–Trinajstić information content (AvgIpc) is 2.88. The quantitative estimate of drug-likeness (QED) is 0.701. The number of anilines is 1. The van der Waals surface area contributed by atoms with Crippen LogP contribution in [-0.2, 0) is 13.0 Å². The summed E-state index contributed by atoms with van der Waals surface area (Å²) in [5.74, 6) is 0. The maximum Gasteiger partial charge on any atom is 0.186 e. The Bertz CT molecular complexity index is 376. The first kappa shape index (κ1) is 17.4. The van der Waals surface area contributed by atoms with E-state index < -0.39 is 0 Å². The minimum Gasteiger partial charge on any atom is -0.345 e. The van der Waals surface area contributed by atoms with E-state index in [1.54, 1.807) is 0 Å². The summed E-state index contributed by atoms with van der Waals surface area (Å²) in [5, 5.41) is 4.65. The molecule has 1 atom stereocenters. The van der Waals surface area contributed by atoms with Crippen LogP contribution in [0.4, 0.5) is 5.13 Å². The Balaban J connectivity index is 2.91. The molecule has 0 aliphatic carbocycles. The lowest BCUT2D eigenvalue weighted by atomic mass is 10.2. The van der Waals surface area contributed by atoms with Crippen molar-refractivity contribution in [1.82, 2.24) is 10.3 Å². The lowest BCUT2D eigenvalue weighted by Crippen LogP contribution is -2.33.